The van der Waals surface area contributed by atoms with Crippen LogP contribution in [0.2, 0.25) is 0 Å². The van der Waals surface area contributed by atoms with E-state index in [1.165, 1.54) is 12.1 Å². The van der Waals surface area contributed by atoms with Crippen LogP contribution in [0.3, 0.4) is 0 Å². The molecule has 1 rings (SSSR count). The van der Waals surface area contributed by atoms with Crippen molar-refractivity contribution < 1.29 is 27.0 Å². The molecule has 0 unspecified atom stereocenters. The minimum absolute atomic E-state index is 0. The molecule has 0 heterocycles. The summed E-state index contributed by atoms with van der Waals surface area (Å²) in [5.74, 6) is -0.179. The number of aromatic hydroxyl groups is 2. The molecule has 1 aromatic carbocycles. The van der Waals surface area contributed by atoms with Crippen molar-refractivity contribution in [1.82, 2.24) is 0 Å². The molecule has 0 saturated carbocycles. The molecule has 0 spiro atoms. The molecule has 0 atom stereocenters. The molecule has 12 heavy (non-hydrogen) atoms. The summed E-state index contributed by atoms with van der Waals surface area (Å²) in [6, 6.07) is 4.71. The smallest absolute Gasteiger partial charge is 0.157 e. The molecule has 0 aromatic heterocycles. The zero-order chi connectivity index (χ0) is 8.27. The molecule has 0 aliphatic rings. The number of nitrogens with two attached hydrogens (primary N) is 1. The van der Waals surface area contributed by atoms with Crippen molar-refractivity contribution in [1.29, 1.82) is 0 Å². The first kappa shape index (κ1) is 11.3. The van der Waals surface area contributed by atoms with Crippen LogP contribution in [0, 0.1) is 0 Å². The van der Waals surface area contributed by atoms with Crippen LogP contribution >= 0.6 is 0 Å². The molecular weight excluding hydrogens is 201 g/mol. The van der Waals surface area contributed by atoms with Crippen LogP contribution in [0.25, 0.3) is 0 Å². The fraction of sp³-hybridized carbons (Fsp3) is 0.250. The van der Waals surface area contributed by atoms with Crippen LogP contribution in [-0.2, 0) is 23.2 Å². The minimum Gasteiger partial charge on any atom is -0.504 e. The average molecular weight is 212 g/mol. The monoisotopic (exact) mass is 212 g/mol. The van der Waals surface area contributed by atoms with E-state index in [0.29, 0.717) is 13.0 Å². The Bertz CT molecular complexity index is 253. The van der Waals surface area contributed by atoms with Gasteiger partial charge >= 0.3 is 0 Å². The van der Waals surface area contributed by atoms with E-state index in [2.05, 4.69) is 0 Å². The maximum atomic E-state index is 9.04. The maximum absolute atomic E-state index is 9.04. The van der Waals surface area contributed by atoms with Crippen molar-refractivity contribution in [3.63, 3.8) is 0 Å². The third kappa shape index (κ3) is 2.73. The molecule has 0 fully saturated rings. The molecule has 3 nitrogen and oxygen atoms in total. The van der Waals surface area contributed by atoms with Gasteiger partial charge in [0.25, 0.3) is 0 Å². The number of rotatable bonds is 2. The van der Waals surface area contributed by atoms with Crippen molar-refractivity contribution >= 4 is 0 Å². The number of hydrogen-bond acceptors (Lipinski definition) is 3. The average Bonchev–Trinajstić information content (AvgIpc) is 1.98. The molecule has 4 heteroatoms. The van der Waals surface area contributed by atoms with Gasteiger partial charge in [0.2, 0.25) is 0 Å². The Balaban J connectivity index is 0.00000121. The summed E-state index contributed by atoms with van der Waals surface area (Å²) in [6.45, 7) is 0.546. The van der Waals surface area contributed by atoms with Crippen LogP contribution < -0.4 is 5.73 Å². The second-order valence-electron chi connectivity index (χ2n) is 2.36. The van der Waals surface area contributed by atoms with E-state index in [1.54, 1.807) is 6.07 Å². The van der Waals surface area contributed by atoms with Crippen LogP contribution in [-0.4, -0.2) is 16.8 Å². The van der Waals surface area contributed by atoms with Crippen molar-refractivity contribution in [2.24, 2.45) is 5.73 Å². The third-order valence-corrected chi connectivity index (χ3v) is 1.47. The molecule has 0 aliphatic heterocycles. The first-order valence-electron chi connectivity index (χ1n) is 3.45. The largest absolute Gasteiger partial charge is 0.504 e. The van der Waals surface area contributed by atoms with Crippen LogP contribution in [0.4, 0.5) is 0 Å². The number of benzene rings is 1. The van der Waals surface area contributed by atoms with Gasteiger partial charge in [0.1, 0.15) is 0 Å². The Morgan fingerprint density at radius 1 is 1.17 bits per heavy atom. The van der Waals surface area contributed by atoms with Gasteiger partial charge in [-0.2, -0.15) is 0 Å². The SMILES string of the molecule is NCCc1ccc(O)c(O)c1.[Co]. The molecule has 0 bridgehead atoms. The molecule has 4 N–H and O–H groups in total. The van der Waals surface area contributed by atoms with Gasteiger partial charge in [-0.1, -0.05) is 6.07 Å². The van der Waals surface area contributed by atoms with Crippen molar-refractivity contribution in [2.45, 2.75) is 6.42 Å². The normalized spacial score (nSPS) is 9.08. The van der Waals surface area contributed by atoms with Gasteiger partial charge in [0.05, 0.1) is 0 Å². The fourth-order valence-electron chi connectivity index (χ4n) is 0.891. The molecule has 1 radical (unpaired) electrons. The Morgan fingerprint density at radius 3 is 2.33 bits per heavy atom. The molecular formula is C8H11CoNO2. The number of phenols is 2. The predicted octanol–water partition coefficient (Wildman–Crippen LogP) is 0.596. The third-order valence-electron chi connectivity index (χ3n) is 1.47. The van der Waals surface area contributed by atoms with Gasteiger partial charge in [-0.05, 0) is 30.7 Å². The summed E-state index contributed by atoms with van der Waals surface area (Å²) in [7, 11) is 0. The van der Waals surface area contributed by atoms with Gasteiger partial charge in [0.15, 0.2) is 11.5 Å². The number of hydrogen-bond donors (Lipinski definition) is 3. The van der Waals surface area contributed by atoms with Gasteiger partial charge in [-0.3, -0.25) is 0 Å². The summed E-state index contributed by atoms with van der Waals surface area (Å²) < 4.78 is 0. The predicted molar refractivity (Wildman–Crippen MR) is 42.5 cm³/mol. The Kier molecular flexibility index (Phi) is 4.73. The van der Waals surface area contributed by atoms with E-state index in [-0.39, 0.29) is 28.3 Å². The zero-order valence-corrected chi connectivity index (χ0v) is 7.49. The summed E-state index contributed by atoms with van der Waals surface area (Å²) >= 11 is 0. The summed E-state index contributed by atoms with van der Waals surface area (Å²) in [4.78, 5) is 0. The van der Waals surface area contributed by atoms with Gasteiger partial charge in [-0.25, -0.2) is 0 Å². The first-order valence-corrected chi connectivity index (χ1v) is 3.45. The van der Waals surface area contributed by atoms with Gasteiger partial charge in [0, 0.05) is 16.8 Å². The van der Waals surface area contributed by atoms with Crippen molar-refractivity contribution in [3.05, 3.63) is 23.8 Å². The Hall–Kier alpha value is -0.714. The summed E-state index contributed by atoms with van der Waals surface area (Å²) in [6.07, 6.45) is 0.716. The van der Waals surface area contributed by atoms with Crippen LogP contribution in [0.1, 0.15) is 5.56 Å². The van der Waals surface area contributed by atoms with Gasteiger partial charge in [-0.15, -0.1) is 0 Å². The Morgan fingerprint density at radius 2 is 1.83 bits per heavy atom. The van der Waals surface area contributed by atoms with Crippen molar-refractivity contribution in [3.8, 4) is 11.5 Å². The molecule has 1 aromatic rings. The Labute approximate surface area is 81.4 Å². The van der Waals surface area contributed by atoms with E-state index in [0.717, 1.165) is 5.56 Å². The first-order chi connectivity index (χ1) is 5.24. The topological polar surface area (TPSA) is 66.5 Å². The molecule has 0 saturated heterocycles. The van der Waals surface area contributed by atoms with E-state index in [9.17, 15) is 0 Å². The fourth-order valence-corrected chi connectivity index (χ4v) is 0.891. The van der Waals surface area contributed by atoms with E-state index >= 15 is 0 Å². The molecule has 0 aliphatic carbocycles. The summed E-state index contributed by atoms with van der Waals surface area (Å²) in [5, 5.41) is 18.0. The van der Waals surface area contributed by atoms with Crippen LogP contribution in [0.15, 0.2) is 18.2 Å². The minimum atomic E-state index is -0.0919. The second-order valence-corrected chi connectivity index (χ2v) is 2.36. The van der Waals surface area contributed by atoms with E-state index < -0.39 is 0 Å². The maximum Gasteiger partial charge on any atom is 0.157 e. The quantitative estimate of drug-likeness (QED) is 0.629. The summed E-state index contributed by atoms with van der Waals surface area (Å²) in [5.41, 5.74) is 6.24. The van der Waals surface area contributed by atoms with E-state index in [4.69, 9.17) is 15.9 Å². The van der Waals surface area contributed by atoms with Crippen molar-refractivity contribution in [2.75, 3.05) is 6.54 Å². The second kappa shape index (κ2) is 5.03. The van der Waals surface area contributed by atoms with E-state index in [1.807, 2.05) is 0 Å². The standard InChI is InChI=1S/C8H11NO2.Co/c9-4-3-6-1-2-7(10)8(11)5-6;/h1-2,5,10-11H,3-4,9H2;. The zero-order valence-electron chi connectivity index (χ0n) is 6.45. The molecule has 0 amide bonds. The van der Waals surface area contributed by atoms with Gasteiger partial charge < -0.3 is 15.9 Å². The molecule has 69 valence electrons. The number of phenolic OH excluding ortho intramolecular Hbond substituents is 2. The van der Waals surface area contributed by atoms with Crippen LogP contribution in [0.5, 0.6) is 11.5 Å².